The summed E-state index contributed by atoms with van der Waals surface area (Å²) in [5.41, 5.74) is 0. The van der Waals surface area contributed by atoms with Crippen LogP contribution in [0.15, 0.2) is 0 Å². The molecule has 3 rings (SSSR count). The van der Waals surface area contributed by atoms with Gasteiger partial charge < -0.3 is 4.79 Å². The topological polar surface area (TPSA) is 88.6 Å². The molecule has 1 saturated heterocycles. The van der Waals surface area contributed by atoms with E-state index in [9.17, 15) is 24.0 Å². The lowest BCUT2D eigenvalue weighted by atomic mass is 9.66. The second-order valence-electron chi connectivity index (χ2n) is 7.89. The molecule has 6 atom stereocenters. The Morgan fingerprint density at radius 3 is 2.20 bits per heavy atom. The van der Waals surface area contributed by atoms with Gasteiger partial charge in [-0.15, -0.1) is 0 Å². The first-order valence-electron chi connectivity index (χ1n) is 9.16. The molecule has 3 aliphatic rings. The highest BCUT2D eigenvalue weighted by molar-refractivity contribution is 6.05. The standard InChI is InChI=1S/C19H25NO5/c1-10(22)15-7-11(3-4-13(15)9-21)17(23)12-5-6-14-16(8-12)19(25)20(2)18(14)24/h9,11-16H,3-8H2,1-2H3. The van der Waals surface area contributed by atoms with E-state index in [1.807, 2.05) is 0 Å². The zero-order chi connectivity index (χ0) is 18.3. The molecule has 1 aliphatic heterocycles. The second-order valence-corrected chi connectivity index (χ2v) is 7.89. The van der Waals surface area contributed by atoms with Gasteiger partial charge in [-0.25, -0.2) is 0 Å². The molecule has 25 heavy (non-hydrogen) atoms. The van der Waals surface area contributed by atoms with Crippen LogP contribution in [-0.4, -0.2) is 41.6 Å². The Morgan fingerprint density at radius 1 is 0.960 bits per heavy atom. The number of likely N-dealkylation sites (tertiary alicyclic amines) is 1. The van der Waals surface area contributed by atoms with Crippen molar-refractivity contribution in [3.63, 3.8) is 0 Å². The van der Waals surface area contributed by atoms with Gasteiger partial charge in [-0.05, 0) is 45.4 Å². The molecule has 0 N–H and O–H groups in total. The minimum Gasteiger partial charge on any atom is -0.303 e. The maximum absolute atomic E-state index is 13.0. The Morgan fingerprint density at radius 2 is 1.56 bits per heavy atom. The first-order valence-corrected chi connectivity index (χ1v) is 9.16. The van der Waals surface area contributed by atoms with Gasteiger partial charge in [0.2, 0.25) is 11.8 Å². The summed E-state index contributed by atoms with van der Waals surface area (Å²) in [6, 6.07) is 0. The number of rotatable bonds is 4. The van der Waals surface area contributed by atoms with Crippen LogP contribution in [0.2, 0.25) is 0 Å². The molecule has 0 aromatic heterocycles. The highest BCUT2D eigenvalue weighted by atomic mass is 16.2. The largest absolute Gasteiger partial charge is 0.303 e. The predicted octanol–water partition coefficient (Wildman–Crippen LogP) is 1.41. The molecule has 136 valence electrons. The van der Waals surface area contributed by atoms with Crippen molar-refractivity contribution in [2.45, 2.75) is 45.4 Å². The average molecular weight is 347 g/mol. The van der Waals surface area contributed by atoms with Crippen LogP contribution >= 0.6 is 0 Å². The number of Topliss-reactive ketones (excluding diaryl/α,β-unsaturated/α-hetero) is 2. The molecule has 3 fully saturated rings. The van der Waals surface area contributed by atoms with E-state index in [2.05, 4.69) is 0 Å². The molecular weight excluding hydrogens is 322 g/mol. The van der Waals surface area contributed by atoms with Gasteiger partial charge in [-0.2, -0.15) is 0 Å². The number of carbonyl (C=O) groups excluding carboxylic acids is 5. The Bertz CT molecular complexity index is 627. The molecule has 1 heterocycles. The number of hydrogen-bond donors (Lipinski definition) is 0. The van der Waals surface area contributed by atoms with Crippen LogP contribution in [0.1, 0.15) is 45.4 Å². The number of carbonyl (C=O) groups is 5. The maximum Gasteiger partial charge on any atom is 0.232 e. The van der Waals surface area contributed by atoms with Crippen LogP contribution in [-0.2, 0) is 24.0 Å². The van der Waals surface area contributed by atoms with E-state index in [-0.39, 0.29) is 58.9 Å². The lowest BCUT2D eigenvalue weighted by molar-refractivity contribution is -0.138. The van der Waals surface area contributed by atoms with Crippen molar-refractivity contribution in [1.29, 1.82) is 0 Å². The molecule has 0 spiro atoms. The van der Waals surface area contributed by atoms with E-state index < -0.39 is 0 Å². The van der Waals surface area contributed by atoms with Gasteiger partial charge in [0, 0.05) is 30.7 Å². The lowest BCUT2D eigenvalue weighted by Crippen LogP contribution is -2.38. The molecule has 0 aromatic rings. The normalized spacial score (nSPS) is 38.4. The summed E-state index contributed by atoms with van der Waals surface area (Å²) in [5, 5.41) is 0. The van der Waals surface area contributed by atoms with Crippen molar-refractivity contribution in [2.75, 3.05) is 7.05 Å². The fraction of sp³-hybridized carbons (Fsp3) is 0.737. The van der Waals surface area contributed by atoms with E-state index in [1.54, 1.807) is 0 Å². The van der Waals surface area contributed by atoms with Crippen LogP contribution in [0.5, 0.6) is 0 Å². The lowest BCUT2D eigenvalue weighted by Gasteiger charge is -2.35. The van der Waals surface area contributed by atoms with E-state index in [1.165, 1.54) is 18.9 Å². The van der Waals surface area contributed by atoms with Crippen LogP contribution in [0, 0.1) is 35.5 Å². The van der Waals surface area contributed by atoms with Gasteiger partial charge in [0.05, 0.1) is 11.8 Å². The van der Waals surface area contributed by atoms with E-state index in [0.29, 0.717) is 38.5 Å². The summed E-state index contributed by atoms with van der Waals surface area (Å²) < 4.78 is 0. The van der Waals surface area contributed by atoms with Crippen molar-refractivity contribution >= 4 is 29.7 Å². The van der Waals surface area contributed by atoms with Crippen LogP contribution < -0.4 is 0 Å². The summed E-state index contributed by atoms with van der Waals surface area (Å²) in [7, 11) is 1.51. The summed E-state index contributed by atoms with van der Waals surface area (Å²) >= 11 is 0. The van der Waals surface area contributed by atoms with Gasteiger partial charge in [0.15, 0.2) is 0 Å². The van der Waals surface area contributed by atoms with Gasteiger partial charge in [-0.3, -0.25) is 24.1 Å². The number of fused-ring (bicyclic) bond motifs is 1. The number of hydrogen-bond acceptors (Lipinski definition) is 5. The Labute approximate surface area is 147 Å². The first-order chi connectivity index (χ1) is 11.8. The zero-order valence-electron chi connectivity index (χ0n) is 14.8. The average Bonchev–Trinajstić information content (AvgIpc) is 2.84. The Kier molecular flexibility index (Phi) is 4.89. The van der Waals surface area contributed by atoms with E-state index in [4.69, 9.17) is 0 Å². The predicted molar refractivity (Wildman–Crippen MR) is 88.2 cm³/mol. The van der Waals surface area contributed by atoms with Crippen molar-refractivity contribution in [3.8, 4) is 0 Å². The molecule has 2 saturated carbocycles. The summed E-state index contributed by atoms with van der Waals surface area (Å²) in [4.78, 5) is 61.4. The maximum atomic E-state index is 13.0. The third kappa shape index (κ3) is 3.07. The van der Waals surface area contributed by atoms with Crippen molar-refractivity contribution in [1.82, 2.24) is 4.90 Å². The third-order valence-corrected chi connectivity index (χ3v) is 6.55. The smallest absolute Gasteiger partial charge is 0.232 e. The molecular formula is C19H25NO5. The summed E-state index contributed by atoms with van der Waals surface area (Å²) in [6.45, 7) is 1.48. The molecule has 0 radical (unpaired) electrons. The molecule has 2 aliphatic carbocycles. The van der Waals surface area contributed by atoms with Gasteiger partial charge in [-0.1, -0.05) is 0 Å². The number of nitrogens with zero attached hydrogens (tertiary/aromatic N) is 1. The number of ketones is 2. The zero-order valence-corrected chi connectivity index (χ0v) is 14.8. The molecule has 0 aromatic carbocycles. The van der Waals surface area contributed by atoms with Gasteiger partial charge in [0.1, 0.15) is 17.9 Å². The number of amides is 2. The molecule has 6 heteroatoms. The second kappa shape index (κ2) is 6.81. The fourth-order valence-electron chi connectivity index (χ4n) is 5.02. The van der Waals surface area contributed by atoms with E-state index in [0.717, 1.165) is 6.29 Å². The van der Waals surface area contributed by atoms with Crippen LogP contribution in [0.4, 0.5) is 0 Å². The van der Waals surface area contributed by atoms with Crippen molar-refractivity contribution in [3.05, 3.63) is 0 Å². The van der Waals surface area contributed by atoms with Gasteiger partial charge in [0.25, 0.3) is 0 Å². The quantitative estimate of drug-likeness (QED) is 0.567. The minimum absolute atomic E-state index is 0.0310. The summed E-state index contributed by atoms with van der Waals surface area (Å²) in [5.74, 6) is -1.90. The first kappa shape index (κ1) is 18.0. The molecule has 6 nitrogen and oxygen atoms in total. The van der Waals surface area contributed by atoms with Crippen LogP contribution in [0.3, 0.4) is 0 Å². The Hall–Kier alpha value is -1.85. The van der Waals surface area contributed by atoms with E-state index >= 15 is 0 Å². The van der Waals surface area contributed by atoms with Crippen molar-refractivity contribution in [2.24, 2.45) is 35.5 Å². The number of imide groups is 1. The van der Waals surface area contributed by atoms with Crippen LogP contribution in [0.25, 0.3) is 0 Å². The number of aldehydes is 1. The SMILES string of the molecule is CC(=O)C1CC(C(=O)C2CCC3C(=O)N(C)C(=O)C3C2)CCC1C=O. The minimum atomic E-state index is -0.366. The highest BCUT2D eigenvalue weighted by Crippen LogP contribution is 2.43. The highest BCUT2D eigenvalue weighted by Gasteiger charge is 2.50. The van der Waals surface area contributed by atoms with Gasteiger partial charge >= 0.3 is 0 Å². The monoisotopic (exact) mass is 347 g/mol. The molecule has 2 amide bonds. The Balaban J connectivity index is 1.68. The fourth-order valence-corrected chi connectivity index (χ4v) is 5.02. The third-order valence-electron chi connectivity index (χ3n) is 6.55. The van der Waals surface area contributed by atoms with Crippen molar-refractivity contribution < 1.29 is 24.0 Å². The summed E-state index contributed by atoms with van der Waals surface area (Å²) in [6.07, 6.45) is 4.13. The molecule has 6 unspecified atom stereocenters. The molecule has 0 bridgehead atoms.